The zero-order valence-electron chi connectivity index (χ0n) is 14.2. The van der Waals surface area contributed by atoms with Gasteiger partial charge in [0.2, 0.25) is 0 Å². The summed E-state index contributed by atoms with van der Waals surface area (Å²) in [6, 6.07) is 1.04. The average molecular weight is 296 g/mol. The van der Waals surface area contributed by atoms with E-state index in [2.05, 4.69) is 31.1 Å². The standard InChI is InChI=1S/C17H32N2O2/c1-5-21-16(20)17(18-14-6-7-14)10-8-15(12-17)19(4)11-9-13(2)3/h13-15,18H,5-12H2,1-4H3. The van der Waals surface area contributed by atoms with Crippen molar-refractivity contribution in [1.29, 1.82) is 0 Å². The second kappa shape index (κ2) is 7.10. The van der Waals surface area contributed by atoms with E-state index in [9.17, 15) is 4.79 Å². The van der Waals surface area contributed by atoms with Gasteiger partial charge in [0.25, 0.3) is 0 Å². The van der Waals surface area contributed by atoms with Gasteiger partial charge >= 0.3 is 5.97 Å². The maximum Gasteiger partial charge on any atom is 0.326 e. The van der Waals surface area contributed by atoms with Crippen molar-refractivity contribution in [2.24, 2.45) is 5.92 Å². The lowest BCUT2D eigenvalue weighted by molar-refractivity contribution is -0.151. The Morgan fingerprint density at radius 3 is 2.67 bits per heavy atom. The first-order chi connectivity index (χ1) is 9.97. The van der Waals surface area contributed by atoms with Crippen LogP contribution >= 0.6 is 0 Å². The van der Waals surface area contributed by atoms with Crippen molar-refractivity contribution < 1.29 is 9.53 Å². The molecule has 0 radical (unpaired) electrons. The molecule has 0 amide bonds. The Kier molecular flexibility index (Phi) is 5.67. The van der Waals surface area contributed by atoms with Gasteiger partial charge in [-0.3, -0.25) is 10.1 Å². The topological polar surface area (TPSA) is 41.6 Å². The molecule has 0 spiro atoms. The fourth-order valence-electron chi connectivity index (χ4n) is 3.30. The Morgan fingerprint density at radius 2 is 2.10 bits per heavy atom. The molecule has 0 saturated heterocycles. The molecule has 0 aromatic carbocycles. The van der Waals surface area contributed by atoms with Crippen LogP contribution in [0, 0.1) is 5.92 Å². The third-order valence-corrected chi connectivity index (χ3v) is 4.89. The molecule has 4 heteroatoms. The van der Waals surface area contributed by atoms with Gasteiger partial charge in [-0.2, -0.15) is 0 Å². The summed E-state index contributed by atoms with van der Waals surface area (Å²) >= 11 is 0. The van der Waals surface area contributed by atoms with Gasteiger partial charge in [-0.1, -0.05) is 13.8 Å². The molecule has 2 atom stereocenters. The summed E-state index contributed by atoms with van der Waals surface area (Å²) in [6.07, 6.45) is 6.53. The van der Waals surface area contributed by atoms with E-state index in [1.165, 1.54) is 19.3 Å². The lowest BCUT2D eigenvalue weighted by Gasteiger charge is -2.30. The highest BCUT2D eigenvalue weighted by atomic mass is 16.5. The number of hydrogen-bond acceptors (Lipinski definition) is 4. The minimum absolute atomic E-state index is 0.0309. The Labute approximate surface area is 129 Å². The van der Waals surface area contributed by atoms with Gasteiger partial charge < -0.3 is 9.64 Å². The Bertz CT molecular complexity index is 355. The van der Waals surface area contributed by atoms with Crippen LogP contribution in [0.15, 0.2) is 0 Å². The molecule has 0 aromatic heterocycles. The average Bonchev–Trinajstić information content (AvgIpc) is 3.13. The van der Waals surface area contributed by atoms with E-state index in [4.69, 9.17) is 4.74 Å². The van der Waals surface area contributed by atoms with Crippen LogP contribution in [-0.2, 0) is 9.53 Å². The van der Waals surface area contributed by atoms with Crippen molar-refractivity contribution in [3.05, 3.63) is 0 Å². The van der Waals surface area contributed by atoms with Crippen LogP contribution in [0.4, 0.5) is 0 Å². The SMILES string of the molecule is CCOC(=O)C1(NC2CC2)CCC(N(C)CCC(C)C)C1. The molecule has 4 nitrogen and oxygen atoms in total. The van der Waals surface area contributed by atoms with Gasteiger partial charge in [0.1, 0.15) is 5.54 Å². The van der Waals surface area contributed by atoms with Crippen LogP contribution < -0.4 is 5.32 Å². The molecule has 1 N–H and O–H groups in total. The third-order valence-electron chi connectivity index (χ3n) is 4.89. The van der Waals surface area contributed by atoms with Crippen LogP contribution in [0.5, 0.6) is 0 Å². The summed E-state index contributed by atoms with van der Waals surface area (Å²) in [6.45, 7) is 8.01. The Balaban J connectivity index is 1.95. The van der Waals surface area contributed by atoms with Crippen LogP contribution in [0.25, 0.3) is 0 Å². The first-order valence-electron chi connectivity index (χ1n) is 8.62. The van der Waals surface area contributed by atoms with Crippen molar-refractivity contribution >= 4 is 5.97 Å². The molecule has 2 fully saturated rings. The molecule has 0 aliphatic heterocycles. The van der Waals surface area contributed by atoms with Gasteiger partial charge in [0.15, 0.2) is 0 Å². The van der Waals surface area contributed by atoms with E-state index in [0.29, 0.717) is 18.7 Å². The lowest BCUT2D eigenvalue weighted by Crippen LogP contribution is -2.53. The number of nitrogens with zero attached hydrogens (tertiary/aromatic N) is 1. The molecule has 0 aromatic rings. The molecule has 0 bridgehead atoms. The predicted molar refractivity (Wildman–Crippen MR) is 85.2 cm³/mol. The highest BCUT2D eigenvalue weighted by Gasteiger charge is 2.49. The number of carbonyl (C=O) groups is 1. The zero-order chi connectivity index (χ0) is 15.5. The first-order valence-corrected chi connectivity index (χ1v) is 8.62. The number of rotatable bonds is 8. The summed E-state index contributed by atoms with van der Waals surface area (Å²) in [7, 11) is 2.20. The van der Waals surface area contributed by atoms with Crippen molar-refractivity contribution in [3.8, 4) is 0 Å². The molecule has 122 valence electrons. The van der Waals surface area contributed by atoms with Crippen molar-refractivity contribution in [2.75, 3.05) is 20.2 Å². The normalized spacial score (nSPS) is 29.3. The van der Waals surface area contributed by atoms with Crippen LogP contribution in [0.1, 0.15) is 59.3 Å². The van der Waals surface area contributed by atoms with Gasteiger partial charge in [-0.05, 0) is 65.0 Å². The summed E-state index contributed by atoms with van der Waals surface area (Å²) in [5.41, 5.74) is -0.423. The third kappa shape index (κ3) is 4.43. The van der Waals surface area contributed by atoms with E-state index < -0.39 is 5.54 Å². The van der Waals surface area contributed by atoms with Crippen LogP contribution in [-0.4, -0.2) is 48.7 Å². The molecular formula is C17H32N2O2. The Morgan fingerprint density at radius 1 is 1.38 bits per heavy atom. The lowest BCUT2D eigenvalue weighted by atomic mass is 9.96. The van der Waals surface area contributed by atoms with Gasteiger partial charge in [0, 0.05) is 12.1 Å². The summed E-state index contributed by atoms with van der Waals surface area (Å²) < 4.78 is 5.36. The minimum atomic E-state index is -0.423. The van der Waals surface area contributed by atoms with Gasteiger partial charge in [-0.25, -0.2) is 0 Å². The van der Waals surface area contributed by atoms with Crippen molar-refractivity contribution in [3.63, 3.8) is 0 Å². The smallest absolute Gasteiger partial charge is 0.326 e. The van der Waals surface area contributed by atoms with E-state index >= 15 is 0 Å². The highest BCUT2D eigenvalue weighted by molar-refractivity contribution is 5.81. The largest absolute Gasteiger partial charge is 0.465 e. The van der Waals surface area contributed by atoms with Crippen LogP contribution in [0.3, 0.4) is 0 Å². The van der Waals surface area contributed by atoms with E-state index in [-0.39, 0.29) is 5.97 Å². The number of ether oxygens (including phenoxy) is 1. The van der Waals surface area contributed by atoms with E-state index in [1.807, 2.05) is 6.92 Å². The minimum Gasteiger partial charge on any atom is -0.465 e. The number of nitrogens with one attached hydrogen (secondary N) is 1. The van der Waals surface area contributed by atoms with E-state index in [0.717, 1.165) is 31.7 Å². The number of carbonyl (C=O) groups excluding carboxylic acids is 1. The molecule has 2 aliphatic carbocycles. The van der Waals surface area contributed by atoms with Crippen LogP contribution in [0.2, 0.25) is 0 Å². The summed E-state index contributed by atoms with van der Waals surface area (Å²) in [5, 5.41) is 3.60. The predicted octanol–water partition coefficient (Wildman–Crippen LogP) is 2.57. The second-order valence-electron chi connectivity index (χ2n) is 7.28. The van der Waals surface area contributed by atoms with Crippen molar-refractivity contribution in [2.45, 2.75) is 76.9 Å². The Hall–Kier alpha value is -0.610. The zero-order valence-corrected chi connectivity index (χ0v) is 14.2. The number of esters is 1. The second-order valence-corrected chi connectivity index (χ2v) is 7.28. The molecule has 21 heavy (non-hydrogen) atoms. The molecule has 0 heterocycles. The first kappa shape index (κ1) is 16.8. The number of hydrogen-bond donors (Lipinski definition) is 1. The molecule has 2 unspecified atom stereocenters. The van der Waals surface area contributed by atoms with Gasteiger partial charge in [-0.15, -0.1) is 0 Å². The van der Waals surface area contributed by atoms with E-state index in [1.54, 1.807) is 0 Å². The summed E-state index contributed by atoms with van der Waals surface area (Å²) in [5.74, 6) is 0.699. The van der Waals surface area contributed by atoms with Crippen molar-refractivity contribution in [1.82, 2.24) is 10.2 Å². The molecule has 2 rings (SSSR count). The molecular weight excluding hydrogens is 264 g/mol. The monoisotopic (exact) mass is 296 g/mol. The summed E-state index contributed by atoms with van der Waals surface area (Å²) in [4.78, 5) is 14.9. The van der Waals surface area contributed by atoms with Gasteiger partial charge in [0.05, 0.1) is 6.61 Å². The fourth-order valence-corrected chi connectivity index (χ4v) is 3.30. The quantitative estimate of drug-likeness (QED) is 0.699. The molecule has 2 saturated carbocycles. The molecule has 2 aliphatic rings. The highest BCUT2D eigenvalue weighted by Crippen LogP contribution is 2.37. The maximum absolute atomic E-state index is 12.5. The maximum atomic E-state index is 12.5. The fraction of sp³-hybridized carbons (Fsp3) is 0.941.